The molecule has 3 aliphatic heterocycles. The number of allylic oxidation sites excluding steroid dienone is 1. The summed E-state index contributed by atoms with van der Waals surface area (Å²) in [6, 6.07) is 4.27. The molecular formula is C35H48N6O3. The van der Waals surface area contributed by atoms with Gasteiger partial charge < -0.3 is 15.5 Å². The zero-order valence-electron chi connectivity index (χ0n) is 27.8. The number of fused-ring (bicyclic) bond motifs is 1. The zero-order valence-corrected chi connectivity index (χ0v) is 27.8. The number of aromatic nitrogens is 2. The average Bonchev–Trinajstić information content (AvgIpc) is 3.33. The van der Waals surface area contributed by atoms with E-state index in [1.54, 1.807) is 13.1 Å². The summed E-state index contributed by atoms with van der Waals surface area (Å²) in [5.74, 6) is -0.760. The third kappa shape index (κ3) is 6.58. The molecule has 0 aliphatic carbocycles. The molecule has 3 aliphatic rings. The average molecular weight is 601 g/mol. The second-order valence-electron chi connectivity index (χ2n) is 15.1. The molecule has 3 amide bonds. The van der Waals surface area contributed by atoms with Crippen molar-refractivity contribution >= 4 is 39.9 Å². The number of hydrogen-bond acceptors (Lipinski definition) is 5. The first-order valence-electron chi connectivity index (χ1n) is 15.8. The van der Waals surface area contributed by atoms with Crippen LogP contribution in [0, 0.1) is 11.3 Å². The minimum Gasteiger partial charge on any atom is -0.351 e. The highest BCUT2D eigenvalue weighted by Crippen LogP contribution is 2.37. The Morgan fingerprint density at radius 3 is 2.39 bits per heavy atom. The maximum Gasteiger partial charge on any atom is 0.254 e. The Morgan fingerprint density at radius 2 is 1.77 bits per heavy atom. The van der Waals surface area contributed by atoms with Gasteiger partial charge in [-0.05, 0) is 90.2 Å². The fraction of sp³-hybridized carbons (Fsp3) is 0.571. The lowest BCUT2D eigenvalue weighted by molar-refractivity contribution is -0.140. The number of rotatable bonds is 5. The maximum atomic E-state index is 13.9. The van der Waals surface area contributed by atoms with Gasteiger partial charge in [0.25, 0.3) is 11.8 Å². The van der Waals surface area contributed by atoms with Gasteiger partial charge in [0.05, 0.1) is 29.2 Å². The molecule has 236 valence electrons. The molecule has 0 radical (unpaired) electrons. The number of carbonyl (C=O) groups excluding carboxylic acids is 3. The van der Waals surface area contributed by atoms with Crippen LogP contribution >= 0.6 is 0 Å². The predicted molar refractivity (Wildman–Crippen MR) is 176 cm³/mol. The Hall–Kier alpha value is -3.59. The van der Waals surface area contributed by atoms with Crippen molar-refractivity contribution in [2.24, 2.45) is 16.3 Å². The molecule has 1 aromatic heterocycles. The van der Waals surface area contributed by atoms with Gasteiger partial charge in [-0.1, -0.05) is 32.4 Å². The van der Waals surface area contributed by atoms with Crippen molar-refractivity contribution in [3.05, 3.63) is 47.2 Å². The van der Waals surface area contributed by atoms with Crippen LogP contribution in [0.3, 0.4) is 0 Å². The van der Waals surface area contributed by atoms with Crippen LogP contribution in [0.15, 0.2) is 41.0 Å². The number of benzene rings is 1. The van der Waals surface area contributed by atoms with E-state index in [2.05, 4.69) is 60.1 Å². The Balaban J connectivity index is 1.50. The van der Waals surface area contributed by atoms with Crippen LogP contribution in [0.2, 0.25) is 0 Å². The van der Waals surface area contributed by atoms with Gasteiger partial charge >= 0.3 is 0 Å². The Bertz CT molecular complexity index is 1590. The molecule has 1 saturated heterocycles. The van der Waals surface area contributed by atoms with Crippen molar-refractivity contribution in [2.45, 2.75) is 98.7 Å². The first-order chi connectivity index (χ1) is 20.4. The lowest BCUT2D eigenvalue weighted by Gasteiger charge is -2.41. The SMILES string of the molecule is CC1=CC(C)=NC(=O)C1CNC(=O)c1cc(C2=CC(C)(C)NC(C)(C)C2)cc2c1cnn2C1CCN(C(=O)C(C)(C)C)CC1. The van der Waals surface area contributed by atoms with E-state index in [0.717, 1.165) is 41.3 Å². The number of aliphatic imine (C=N–C) groups is 1. The number of carbonyl (C=O) groups is 3. The quantitative estimate of drug-likeness (QED) is 0.473. The van der Waals surface area contributed by atoms with Crippen molar-refractivity contribution in [3.8, 4) is 0 Å². The number of hydrogen-bond donors (Lipinski definition) is 2. The van der Waals surface area contributed by atoms with Crippen molar-refractivity contribution in [1.29, 1.82) is 0 Å². The number of nitrogens with zero attached hydrogens (tertiary/aromatic N) is 4. The monoisotopic (exact) mass is 600 g/mol. The number of dihydropyridines is 1. The van der Waals surface area contributed by atoms with Crippen LogP contribution in [0.25, 0.3) is 16.5 Å². The van der Waals surface area contributed by atoms with Gasteiger partial charge in [0.15, 0.2) is 0 Å². The standard InChI is InChI=1S/C35H48N6O3/c1-21-14-22(2)38-31(43)27(21)19-36-30(42)26-15-23(24-17-34(6,7)39-35(8,9)18-24)16-29-28(26)20-37-41(29)25-10-12-40(13-11-25)32(44)33(3,4)5/h14-17,20,25,27,39H,10-13,18-19H2,1-9H3,(H,36,42). The normalized spacial score (nSPS) is 22.4. The Kier molecular flexibility index (Phi) is 8.25. The van der Waals surface area contributed by atoms with E-state index in [-0.39, 0.29) is 41.4 Å². The lowest BCUT2D eigenvalue weighted by Crippen LogP contribution is -2.53. The lowest BCUT2D eigenvalue weighted by atomic mass is 9.80. The van der Waals surface area contributed by atoms with Gasteiger partial charge in [-0.15, -0.1) is 0 Å². The molecule has 44 heavy (non-hydrogen) atoms. The van der Waals surface area contributed by atoms with E-state index in [0.29, 0.717) is 24.4 Å². The highest BCUT2D eigenvalue weighted by Gasteiger charge is 2.35. The summed E-state index contributed by atoms with van der Waals surface area (Å²) < 4.78 is 2.06. The minimum absolute atomic E-state index is 0.117. The van der Waals surface area contributed by atoms with E-state index < -0.39 is 11.3 Å². The van der Waals surface area contributed by atoms with E-state index in [9.17, 15) is 14.4 Å². The molecular weight excluding hydrogens is 552 g/mol. The van der Waals surface area contributed by atoms with Crippen LogP contribution in [-0.2, 0) is 9.59 Å². The molecule has 1 atom stereocenters. The summed E-state index contributed by atoms with van der Waals surface area (Å²) in [5, 5.41) is 12.3. The zero-order chi connectivity index (χ0) is 32.2. The van der Waals surface area contributed by atoms with Crippen molar-refractivity contribution in [2.75, 3.05) is 19.6 Å². The molecule has 2 aromatic rings. The second-order valence-corrected chi connectivity index (χ2v) is 15.1. The summed E-state index contributed by atoms with van der Waals surface area (Å²) in [5.41, 5.74) is 4.47. The first kappa shape index (κ1) is 31.8. The molecule has 1 unspecified atom stereocenters. The molecule has 4 heterocycles. The number of piperidine rings is 1. The Labute approximate surface area is 261 Å². The van der Waals surface area contributed by atoms with Crippen LogP contribution in [-0.4, -0.2) is 68.8 Å². The third-order valence-corrected chi connectivity index (χ3v) is 8.94. The van der Waals surface area contributed by atoms with Crippen LogP contribution in [0.5, 0.6) is 0 Å². The van der Waals surface area contributed by atoms with Crippen molar-refractivity contribution in [1.82, 2.24) is 25.3 Å². The summed E-state index contributed by atoms with van der Waals surface area (Å²) in [6.45, 7) is 19.9. The molecule has 2 N–H and O–H groups in total. The number of likely N-dealkylation sites (tertiary alicyclic amines) is 1. The fourth-order valence-electron chi connectivity index (χ4n) is 7.15. The smallest absolute Gasteiger partial charge is 0.254 e. The maximum absolute atomic E-state index is 13.9. The highest BCUT2D eigenvalue weighted by molar-refractivity contribution is 6.08. The third-order valence-electron chi connectivity index (χ3n) is 8.94. The molecule has 1 fully saturated rings. The second kappa shape index (κ2) is 11.4. The van der Waals surface area contributed by atoms with E-state index in [1.165, 1.54) is 5.57 Å². The fourth-order valence-corrected chi connectivity index (χ4v) is 7.15. The number of amides is 3. The summed E-state index contributed by atoms with van der Waals surface area (Å²) in [6.07, 6.45) is 8.35. The molecule has 9 heteroatoms. The van der Waals surface area contributed by atoms with Crippen molar-refractivity contribution in [3.63, 3.8) is 0 Å². The van der Waals surface area contributed by atoms with Gasteiger partial charge in [0.1, 0.15) is 0 Å². The van der Waals surface area contributed by atoms with E-state index in [1.807, 2.05) is 44.7 Å². The van der Waals surface area contributed by atoms with Gasteiger partial charge in [0, 0.05) is 47.2 Å². The molecule has 9 nitrogen and oxygen atoms in total. The molecule has 0 saturated carbocycles. The summed E-state index contributed by atoms with van der Waals surface area (Å²) in [4.78, 5) is 45.5. The molecule has 0 bridgehead atoms. The van der Waals surface area contributed by atoms with Gasteiger partial charge in [-0.25, -0.2) is 4.99 Å². The Morgan fingerprint density at radius 1 is 1.09 bits per heavy atom. The van der Waals surface area contributed by atoms with E-state index in [4.69, 9.17) is 5.10 Å². The van der Waals surface area contributed by atoms with E-state index >= 15 is 0 Å². The topological polar surface area (TPSA) is 109 Å². The molecule has 1 aromatic carbocycles. The van der Waals surface area contributed by atoms with Gasteiger partial charge in [-0.3, -0.25) is 19.1 Å². The van der Waals surface area contributed by atoms with Crippen molar-refractivity contribution < 1.29 is 14.4 Å². The number of nitrogens with one attached hydrogen (secondary N) is 2. The molecule has 0 spiro atoms. The van der Waals surface area contributed by atoms with Gasteiger partial charge in [0.2, 0.25) is 5.91 Å². The summed E-state index contributed by atoms with van der Waals surface area (Å²) >= 11 is 0. The minimum atomic E-state index is -0.473. The van der Waals surface area contributed by atoms with Crippen LogP contribution in [0.4, 0.5) is 0 Å². The highest BCUT2D eigenvalue weighted by atomic mass is 16.2. The first-order valence-corrected chi connectivity index (χ1v) is 15.8. The predicted octanol–water partition coefficient (Wildman–Crippen LogP) is 5.47. The van der Waals surface area contributed by atoms with Gasteiger partial charge in [-0.2, -0.15) is 5.10 Å². The summed E-state index contributed by atoms with van der Waals surface area (Å²) in [7, 11) is 0. The largest absolute Gasteiger partial charge is 0.351 e. The molecule has 5 rings (SSSR count). The van der Waals surface area contributed by atoms with Crippen LogP contribution < -0.4 is 10.6 Å². The van der Waals surface area contributed by atoms with Crippen LogP contribution in [0.1, 0.15) is 104 Å².